The van der Waals surface area contributed by atoms with Crippen molar-refractivity contribution in [1.82, 2.24) is 0 Å². The molecule has 2 aliphatic carbocycles. The van der Waals surface area contributed by atoms with Crippen LogP contribution in [0.3, 0.4) is 0 Å². The molecule has 0 aromatic heterocycles. The zero-order valence-electron chi connectivity index (χ0n) is 30.5. The molecule has 7 rings (SSSR count). The molecule has 1 N–H and O–H groups in total. The van der Waals surface area contributed by atoms with Crippen LogP contribution in [-0.4, -0.2) is 25.2 Å². The van der Waals surface area contributed by atoms with Crippen LogP contribution < -0.4 is 0 Å². The lowest BCUT2D eigenvalue weighted by Crippen LogP contribution is -2.28. The predicted molar refractivity (Wildman–Crippen MR) is 219 cm³/mol. The Labute approximate surface area is 307 Å². The van der Waals surface area contributed by atoms with Crippen molar-refractivity contribution in [2.75, 3.05) is 5.75 Å². The number of rotatable bonds is 8. The average molecular weight is 705 g/mol. The van der Waals surface area contributed by atoms with Crippen LogP contribution in [0.2, 0.25) is 0 Å². The fraction of sp³-hybridized carbons (Fsp3) is 0.213. The Balaban J connectivity index is 1.52. The predicted octanol–water partition coefficient (Wildman–Crippen LogP) is 11.9. The molecule has 0 unspecified atom stereocenters. The molecule has 0 saturated carbocycles. The van der Waals surface area contributed by atoms with E-state index in [1.807, 2.05) is 24.3 Å². The first-order chi connectivity index (χ1) is 24.5. The Kier molecular flexibility index (Phi) is 8.62. The molecule has 0 spiro atoms. The van der Waals surface area contributed by atoms with Crippen LogP contribution in [0.4, 0.5) is 0 Å². The van der Waals surface area contributed by atoms with Gasteiger partial charge in [-0.05, 0) is 115 Å². The molecule has 4 nitrogen and oxygen atoms in total. The molecule has 5 heteroatoms. The van der Waals surface area contributed by atoms with Crippen LogP contribution in [0.1, 0.15) is 85.6 Å². The van der Waals surface area contributed by atoms with Gasteiger partial charge in [-0.15, -0.1) is 0 Å². The molecule has 0 heterocycles. The monoisotopic (exact) mass is 704 g/mol. The summed E-state index contributed by atoms with van der Waals surface area (Å²) in [5.74, 6) is -1.16. The van der Waals surface area contributed by atoms with Crippen molar-refractivity contribution >= 4 is 60.0 Å². The van der Waals surface area contributed by atoms with Crippen LogP contribution in [0.15, 0.2) is 121 Å². The number of fused-ring (bicyclic) bond motifs is 5. The summed E-state index contributed by atoms with van der Waals surface area (Å²) in [5.41, 5.74) is 9.90. The second kappa shape index (κ2) is 12.8. The average Bonchev–Trinajstić information content (AvgIpc) is 3.08. The SMILES string of the molecule is C=C(C)CS(=O)(=O)C(=C)c1cc2c3c(ccc2cc1-c1c(/C=C/c2ccc(C(=O)O)cc2)ccc2ccccc12)C1=C(CC(C)(C)C=C1)CC3(C)C. The highest BCUT2D eigenvalue weighted by atomic mass is 32.2. The standard InChI is InChI=1S/C47H44O4S/c1-29(2)28-52(50,51)30(3)40-25-41-35(20-21-39-37-22-23-46(4,5)26-36(37)27-47(6,7)44(39)41)24-42(40)43-33(19-18-32-10-8-9-11-38(32)43)15-12-31-13-16-34(17-14-31)45(48)49/h8-25H,1,3,26-28H2,2,4-7H3,(H,48,49)/b15-12+. The van der Waals surface area contributed by atoms with E-state index >= 15 is 0 Å². The summed E-state index contributed by atoms with van der Waals surface area (Å²) in [6.45, 7) is 19.1. The number of sulfone groups is 1. The van der Waals surface area contributed by atoms with Crippen LogP contribution in [0.5, 0.6) is 0 Å². The van der Waals surface area contributed by atoms with Gasteiger partial charge in [0.05, 0.1) is 16.2 Å². The van der Waals surface area contributed by atoms with E-state index in [0.29, 0.717) is 11.1 Å². The summed E-state index contributed by atoms with van der Waals surface area (Å²) in [7, 11) is -3.81. The number of carboxylic acids is 1. The maximum absolute atomic E-state index is 14.0. The van der Waals surface area contributed by atoms with E-state index in [0.717, 1.165) is 56.6 Å². The molecule has 0 amide bonds. The molecule has 262 valence electrons. The van der Waals surface area contributed by atoms with Crippen LogP contribution in [-0.2, 0) is 15.3 Å². The summed E-state index contributed by atoms with van der Waals surface area (Å²) in [6.07, 6.45) is 10.5. The minimum Gasteiger partial charge on any atom is -0.478 e. The van der Waals surface area contributed by atoms with Crippen molar-refractivity contribution in [2.45, 2.75) is 52.9 Å². The normalized spacial score (nSPS) is 16.2. The topological polar surface area (TPSA) is 71.4 Å². The van der Waals surface area contributed by atoms with Gasteiger partial charge >= 0.3 is 5.97 Å². The molecule has 5 aromatic carbocycles. The Bertz CT molecular complexity index is 2560. The molecule has 0 fully saturated rings. The molecular weight excluding hydrogens is 661 g/mol. The van der Waals surface area contributed by atoms with Gasteiger partial charge in [-0.25, -0.2) is 13.2 Å². The van der Waals surface area contributed by atoms with Gasteiger partial charge < -0.3 is 5.11 Å². The summed E-state index contributed by atoms with van der Waals surface area (Å²) >= 11 is 0. The van der Waals surface area contributed by atoms with Crippen molar-refractivity contribution in [3.8, 4) is 11.1 Å². The molecular formula is C47H44O4S. The first kappa shape index (κ1) is 35.2. The van der Waals surface area contributed by atoms with Crippen LogP contribution in [0.25, 0.3) is 55.3 Å². The van der Waals surface area contributed by atoms with E-state index in [4.69, 9.17) is 0 Å². The molecule has 0 bridgehead atoms. The minimum atomic E-state index is -3.81. The van der Waals surface area contributed by atoms with Gasteiger partial charge in [0.2, 0.25) is 0 Å². The van der Waals surface area contributed by atoms with E-state index in [9.17, 15) is 18.3 Å². The van der Waals surface area contributed by atoms with Crippen LogP contribution in [0, 0.1) is 5.41 Å². The quantitative estimate of drug-likeness (QED) is 0.129. The second-order valence-corrected chi connectivity index (χ2v) is 17.8. The fourth-order valence-corrected chi connectivity index (χ4v) is 9.51. The third kappa shape index (κ3) is 6.39. The van der Waals surface area contributed by atoms with Gasteiger partial charge in [-0.1, -0.05) is 137 Å². The Morgan fingerprint density at radius 3 is 2.25 bits per heavy atom. The van der Waals surface area contributed by atoms with E-state index in [1.165, 1.54) is 22.3 Å². The number of aromatic carboxylic acids is 1. The lowest BCUT2D eigenvalue weighted by Gasteiger charge is -2.40. The largest absolute Gasteiger partial charge is 0.478 e. The molecule has 0 saturated heterocycles. The van der Waals surface area contributed by atoms with Crippen molar-refractivity contribution < 1.29 is 18.3 Å². The summed E-state index contributed by atoms with van der Waals surface area (Å²) in [6, 6.07) is 27.7. The second-order valence-electron chi connectivity index (χ2n) is 15.8. The number of hydrogen-bond donors (Lipinski definition) is 1. The third-order valence-electron chi connectivity index (χ3n) is 10.5. The Hall–Kier alpha value is -5.26. The highest BCUT2D eigenvalue weighted by Gasteiger charge is 2.37. The molecule has 52 heavy (non-hydrogen) atoms. The van der Waals surface area contributed by atoms with Crippen molar-refractivity contribution in [3.63, 3.8) is 0 Å². The van der Waals surface area contributed by atoms with Gasteiger partial charge in [-0.3, -0.25) is 0 Å². The maximum atomic E-state index is 14.0. The lowest BCUT2D eigenvalue weighted by atomic mass is 9.64. The van der Waals surface area contributed by atoms with E-state index in [2.05, 4.69) is 102 Å². The van der Waals surface area contributed by atoms with Crippen molar-refractivity contribution in [3.05, 3.63) is 155 Å². The number of carbonyl (C=O) groups is 1. The first-order valence-corrected chi connectivity index (χ1v) is 19.3. The molecule has 0 atom stereocenters. The number of hydrogen-bond acceptors (Lipinski definition) is 3. The zero-order valence-corrected chi connectivity index (χ0v) is 31.3. The molecule has 0 radical (unpaired) electrons. The van der Waals surface area contributed by atoms with Crippen LogP contribution >= 0.6 is 0 Å². The minimum absolute atomic E-state index is 0.0740. The van der Waals surface area contributed by atoms with Gasteiger partial charge in [-0.2, -0.15) is 0 Å². The van der Waals surface area contributed by atoms with Gasteiger partial charge in [0, 0.05) is 5.56 Å². The number of allylic oxidation sites excluding steroid dienone is 4. The smallest absolute Gasteiger partial charge is 0.335 e. The van der Waals surface area contributed by atoms with E-state index in [-0.39, 0.29) is 27.1 Å². The lowest BCUT2D eigenvalue weighted by molar-refractivity contribution is 0.0697. The zero-order chi connectivity index (χ0) is 37.2. The third-order valence-corrected chi connectivity index (χ3v) is 12.3. The number of benzene rings is 5. The summed E-state index contributed by atoms with van der Waals surface area (Å²) in [5, 5.41) is 13.5. The highest BCUT2D eigenvalue weighted by molar-refractivity contribution is 8.00. The fourth-order valence-electron chi connectivity index (χ4n) is 8.18. The summed E-state index contributed by atoms with van der Waals surface area (Å²) in [4.78, 5) is 11.5. The Morgan fingerprint density at radius 2 is 1.54 bits per heavy atom. The van der Waals surface area contributed by atoms with Gasteiger partial charge in [0.1, 0.15) is 0 Å². The molecule has 0 aliphatic heterocycles. The molecule has 2 aliphatic rings. The number of carboxylic acid groups (broad SMARTS) is 1. The van der Waals surface area contributed by atoms with Crippen molar-refractivity contribution in [2.24, 2.45) is 5.41 Å². The van der Waals surface area contributed by atoms with Gasteiger partial charge in [0.15, 0.2) is 9.84 Å². The molecule has 5 aromatic rings. The maximum Gasteiger partial charge on any atom is 0.335 e. The summed E-state index contributed by atoms with van der Waals surface area (Å²) < 4.78 is 28.1. The van der Waals surface area contributed by atoms with Gasteiger partial charge in [0.25, 0.3) is 0 Å². The first-order valence-electron chi connectivity index (χ1n) is 17.7. The highest BCUT2D eigenvalue weighted by Crippen LogP contribution is 2.52. The van der Waals surface area contributed by atoms with E-state index < -0.39 is 15.8 Å². The van der Waals surface area contributed by atoms with Crippen molar-refractivity contribution in [1.29, 1.82) is 0 Å². The van der Waals surface area contributed by atoms with E-state index in [1.54, 1.807) is 31.2 Å². The Morgan fingerprint density at radius 1 is 0.827 bits per heavy atom.